The van der Waals surface area contributed by atoms with Crippen LogP contribution in [0.25, 0.3) is 0 Å². The Hall–Kier alpha value is -1.14. The van der Waals surface area contributed by atoms with Gasteiger partial charge in [-0.05, 0) is 32.1 Å². The first kappa shape index (κ1) is 16.7. The van der Waals surface area contributed by atoms with Crippen LogP contribution in [0, 0.1) is 5.92 Å². The maximum atomic E-state index is 12.5. The first-order valence-electron chi connectivity index (χ1n) is 9.11. The van der Waals surface area contributed by atoms with Gasteiger partial charge in [0.05, 0.1) is 6.54 Å². The van der Waals surface area contributed by atoms with Crippen molar-refractivity contribution < 1.29 is 14.3 Å². The number of likely N-dealkylation sites (tertiary alicyclic amines) is 1. The van der Waals surface area contributed by atoms with Crippen molar-refractivity contribution in [2.24, 2.45) is 5.92 Å². The Balaban J connectivity index is 1.41. The van der Waals surface area contributed by atoms with Crippen LogP contribution in [0.2, 0.25) is 0 Å². The van der Waals surface area contributed by atoms with Crippen LogP contribution in [0.3, 0.4) is 0 Å². The molecule has 0 N–H and O–H groups in total. The molecule has 0 bridgehead atoms. The maximum absolute atomic E-state index is 12.5. The normalized spacial score (nSPS) is 24.7. The first-order chi connectivity index (χ1) is 11.2. The van der Waals surface area contributed by atoms with Gasteiger partial charge in [0.15, 0.2) is 0 Å². The molecule has 0 aromatic rings. The van der Waals surface area contributed by atoms with Crippen LogP contribution in [-0.4, -0.2) is 85.5 Å². The Morgan fingerprint density at radius 2 is 1.48 bits per heavy atom. The molecule has 0 spiro atoms. The second kappa shape index (κ2) is 8.11. The van der Waals surface area contributed by atoms with Crippen molar-refractivity contribution in [2.45, 2.75) is 32.1 Å². The average molecular weight is 323 g/mol. The standard InChI is InChI=1S/C17H29N3O3/c21-16(19-6-2-1-3-7-19)14-18-8-10-20(11-9-18)17(22)15-4-12-23-13-5-15/h15H,1-14H2. The predicted octanol–water partition coefficient (Wildman–Crippen LogP) is 0.570. The van der Waals surface area contributed by atoms with E-state index < -0.39 is 0 Å². The van der Waals surface area contributed by atoms with Crippen LogP contribution in [0.4, 0.5) is 0 Å². The van der Waals surface area contributed by atoms with E-state index in [-0.39, 0.29) is 17.7 Å². The zero-order valence-corrected chi connectivity index (χ0v) is 14.0. The number of ether oxygens (including phenoxy) is 1. The van der Waals surface area contributed by atoms with Crippen LogP contribution >= 0.6 is 0 Å². The SMILES string of the molecule is O=C(CN1CCN(C(=O)C2CCOCC2)CC1)N1CCCCC1. The average Bonchev–Trinajstić information content (AvgIpc) is 2.63. The number of piperazine rings is 1. The summed E-state index contributed by atoms with van der Waals surface area (Å²) >= 11 is 0. The molecule has 2 amide bonds. The molecule has 0 radical (unpaired) electrons. The van der Waals surface area contributed by atoms with Crippen molar-refractivity contribution in [3.8, 4) is 0 Å². The highest BCUT2D eigenvalue weighted by molar-refractivity contribution is 5.79. The zero-order valence-electron chi connectivity index (χ0n) is 14.0. The fourth-order valence-corrected chi connectivity index (χ4v) is 3.76. The molecule has 0 atom stereocenters. The predicted molar refractivity (Wildman–Crippen MR) is 87.0 cm³/mol. The highest BCUT2D eigenvalue weighted by atomic mass is 16.5. The summed E-state index contributed by atoms with van der Waals surface area (Å²) in [6, 6.07) is 0. The lowest BCUT2D eigenvalue weighted by molar-refractivity contribution is -0.141. The molecule has 0 aromatic carbocycles. The molecule has 0 aliphatic carbocycles. The highest BCUT2D eigenvalue weighted by Gasteiger charge is 2.29. The summed E-state index contributed by atoms with van der Waals surface area (Å²) in [6.07, 6.45) is 5.23. The van der Waals surface area contributed by atoms with Crippen molar-refractivity contribution in [2.75, 3.05) is 59.0 Å². The van der Waals surface area contributed by atoms with Gasteiger partial charge in [0.2, 0.25) is 11.8 Å². The zero-order chi connectivity index (χ0) is 16.1. The third kappa shape index (κ3) is 4.44. The fourth-order valence-electron chi connectivity index (χ4n) is 3.76. The van der Waals surface area contributed by atoms with Gasteiger partial charge in [-0.3, -0.25) is 14.5 Å². The van der Waals surface area contributed by atoms with Gasteiger partial charge in [0, 0.05) is 58.4 Å². The lowest BCUT2D eigenvalue weighted by atomic mass is 9.98. The lowest BCUT2D eigenvalue weighted by Crippen LogP contribution is -2.53. The van der Waals surface area contributed by atoms with E-state index >= 15 is 0 Å². The minimum atomic E-state index is 0.144. The van der Waals surface area contributed by atoms with Gasteiger partial charge >= 0.3 is 0 Å². The summed E-state index contributed by atoms with van der Waals surface area (Å²) in [5.41, 5.74) is 0. The van der Waals surface area contributed by atoms with E-state index in [9.17, 15) is 9.59 Å². The third-order valence-corrected chi connectivity index (χ3v) is 5.32. The van der Waals surface area contributed by atoms with E-state index in [0.717, 1.165) is 65.0 Å². The van der Waals surface area contributed by atoms with Gasteiger partial charge in [0.25, 0.3) is 0 Å². The number of carbonyl (C=O) groups is 2. The van der Waals surface area contributed by atoms with Crippen molar-refractivity contribution in [3.05, 3.63) is 0 Å². The summed E-state index contributed by atoms with van der Waals surface area (Å²) in [6.45, 7) is 6.90. The number of nitrogens with zero attached hydrogens (tertiary/aromatic N) is 3. The van der Waals surface area contributed by atoms with Gasteiger partial charge in [-0.1, -0.05) is 0 Å². The molecule has 130 valence electrons. The number of amides is 2. The van der Waals surface area contributed by atoms with Gasteiger partial charge in [-0.2, -0.15) is 0 Å². The minimum Gasteiger partial charge on any atom is -0.381 e. The maximum Gasteiger partial charge on any atom is 0.236 e. The molecule has 3 aliphatic heterocycles. The fraction of sp³-hybridized carbons (Fsp3) is 0.882. The largest absolute Gasteiger partial charge is 0.381 e. The molecule has 6 heteroatoms. The minimum absolute atomic E-state index is 0.144. The smallest absolute Gasteiger partial charge is 0.236 e. The summed E-state index contributed by atoms with van der Waals surface area (Å²) in [5.74, 6) is 0.689. The molecule has 0 aromatic heterocycles. The van der Waals surface area contributed by atoms with Crippen molar-refractivity contribution in [3.63, 3.8) is 0 Å². The number of piperidine rings is 1. The highest BCUT2D eigenvalue weighted by Crippen LogP contribution is 2.18. The molecular weight excluding hydrogens is 294 g/mol. The topological polar surface area (TPSA) is 53.1 Å². The van der Waals surface area contributed by atoms with Gasteiger partial charge in [-0.15, -0.1) is 0 Å². The first-order valence-corrected chi connectivity index (χ1v) is 9.11. The molecule has 3 aliphatic rings. The lowest BCUT2D eigenvalue weighted by Gasteiger charge is -2.37. The molecule has 3 rings (SSSR count). The number of carbonyl (C=O) groups excluding carboxylic acids is 2. The van der Waals surface area contributed by atoms with E-state index in [1.165, 1.54) is 6.42 Å². The van der Waals surface area contributed by atoms with E-state index in [4.69, 9.17) is 4.74 Å². The van der Waals surface area contributed by atoms with Crippen LogP contribution in [0.15, 0.2) is 0 Å². The molecule has 0 unspecified atom stereocenters. The van der Waals surface area contributed by atoms with Crippen LogP contribution in [0.5, 0.6) is 0 Å². The van der Waals surface area contributed by atoms with E-state index in [2.05, 4.69) is 4.90 Å². The quantitative estimate of drug-likeness (QED) is 0.762. The van der Waals surface area contributed by atoms with Crippen LogP contribution < -0.4 is 0 Å². The molecule has 3 heterocycles. The molecule has 0 saturated carbocycles. The number of hydrogen-bond acceptors (Lipinski definition) is 4. The summed E-state index contributed by atoms with van der Waals surface area (Å²) in [4.78, 5) is 31.0. The number of hydrogen-bond donors (Lipinski definition) is 0. The molecule has 23 heavy (non-hydrogen) atoms. The van der Waals surface area contributed by atoms with Gasteiger partial charge in [0.1, 0.15) is 0 Å². The van der Waals surface area contributed by atoms with E-state index in [1.54, 1.807) is 0 Å². The van der Waals surface area contributed by atoms with E-state index in [1.807, 2.05) is 9.80 Å². The van der Waals surface area contributed by atoms with Crippen LogP contribution in [-0.2, 0) is 14.3 Å². The molecule has 6 nitrogen and oxygen atoms in total. The Morgan fingerprint density at radius 3 is 2.13 bits per heavy atom. The van der Waals surface area contributed by atoms with Crippen LogP contribution in [0.1, 0.15) is 32.1 Å². The third-order valence-electron chi connectivity index (χ3n) is 5.32. The Morgan fingerprint density at radius 1 is 0.826 bits per heavy atom. The molecule has 3 saturated heterocycles. The Kier molecular flexibility index (Phi) is 5.89. The monoisotopic (exact) mass is 323 g/mol. The summed E-state index contributed by atoms with van der Waals surface area (Å²) in [7, 11) is 0. The summed E-state index contributed by atoms with van der Waals surface area (Å²) < 4.78 is 5.33. The Labute approximate surface area is 138 Å². The molecule has 3 fully saturated rings. The second-order valence-electron chi connectivity index (χ2n) is 6.93. The molecular formula is C17H29N3O3. The van der Waals surface area contributed by atoms with Gasteiger partial charge in [-0.25, -0.2) is 0 Å². The van der Waals surface area contributed by atoms with Crippen molar-refractivity contribution in [1.82, 2.24) is 14.7 Å². The number of rotatable bonds is 3. The van der Waals surface area contributed by atoms with Crippen molar-refractivity contribution in [1.29, 1.82) is 0 Å². The second-order valence-corrected chi connectivity index (χ2v) is 6.93. The summed E-state index contributed by atoms with van der Waals surface area (Å²) in [5, 5.41) is 0. The van der Waals surface area contributed by atoms with Crippen molar-refractivity contribution >= 4 is 11.8 Å². The Bertz CT molecular complexity index is 409. The van der Waals surface area contributed by atoms with Gasteiger partial charge < -0.3 is 14.5 Å². The van der Waals surface area contributed by atoms with E-state index in [0.29, 0.717) is 19.8 Å².